The molecular weight excluding hydrogens is 234 g/mol. The lowest BCUT2D eigenvalue weighted by Gasteiger charge is -2.02. The first-order chi connectivity index (χ1) is 8.31. The van der Waals surface area contributed by atoms with E-state index < -0.39 is 0 Å². The van der Waals surface area contributed by atoms with Crippen LogP contribution < -0.4 is 4.74 Å². The second-order valence-electron chi connectivity index (χ2n) is 3.36. The van der Waals surface area contributed by atoms with Crippen LogP contribution >= 0.6 is 11.3 Å². The summed E-state index contributed by atoms with van der Waals surface area (Å²) in [6.45, 7) is 0. The van der Waals surface area contributed by atoms with E-state index in [0.29, 0.717) is 22.1 Å². The van der Waals surface area contributed by atoms with Crippen LogP contribution in [0.25, 0.3) is 0 Å². The molecule has 0 aliphatic carbocycles. The predicted molar refractivity (Wildman–Crippen MR) is 65.5 cm³/mol. The molecule has 4 heteroatoms. The molecule has 1 aromatic heterocycles. The van der Waals surface area contributed by atoms with Crippen molar-refractivity contribution in [3.63, 3.8) is 0 Å². The third kappa shape index (κ3) is 2.92. The fraction of sp³-hybridized carbons (Fsp3) is 0.0769. The molecule has 0 aliphatic heterocycles. The lowest BCUT2D eigenvalue weighted by atomic mass is 10.2. The summed E-state index contributed by atoms with van der Waals surface area (Å²) >= 11 is 1.30. The molecule has 3 nitrogen and oxygen atoms in total. The van der Waals surface area contributed by atoms with Crippen molar-refractivity contribution in [2.45, 2.75) is 6.42 Å². The van der Waals surface area contributed by atoms with Crippen molar-refractivity contribution < 1.29 is 9.53 Å². The molecule has 84 valence electrons. The smallest absolute Gasteiger partial charge is 0.181 e. The highest BCUT2D eigenvalue weighted by Gasteiger charge is 2.01. The molecule has 0 atom stereocenters. The molecule has 0 bridgehead atoms. The van der Waals surface area contributed by atoms with Crippen LogP contribution in [0.5, 0.6) is 10.8 Å². The van der Waals surface area contributed by atoms with Gasteiger partial charge in [-0.05, 0) is 29.8 Å². The van der Waals surface area contributed by atoms with Gasteiger partial charge in [0, 0.05) is 0 Å². The Bertz CT molecular complexity index is 552. The molecule has 2 aromatic rings. The van der Waals surface area contributed by atoms with Gasteiger partial charge in [-0.15, -0.1) is 0 Å². The number of ether oxygens (including phenoxy) is 1. The zero-order valence-corrected chi connectivity index (χ0v) is 9.74. The number of hydrogen-bond donors (Lipinski definition) is 0. The van der Waals surface area contributed by atoms with Gasteiger partial charge >= 0.3 is 0 Å². The molecule has 0 radical (unpaired) electrons. The van der Waals surface area contributed by atoms with E-state index in [1.54, 1.807) is 12.1 Å². The molecule has 0 fully saturated rings. The maximum atomic E-state index is 10.5. The molecule has 0 saturated carbocycles. The van der Waals surface area contributed by atoms with Crippen LogP contribution in [0.3, 0.4) is 0 Å². The van der Waals surface area contributed by atoms with E-state index in [0.717, 1.165) is 11.8 Å². The number of hydrogen-bond acceptors (Lipinski definition) is 4. The summed E-state index contributed by atoms with van der Waals surface area (Å²) < 4.78 is 5.57. The largest absolute Gasteiger partial charge is 0.447 e. The topological polar surface area (TPSA) is 50.1 Å². The molecule has 1 aromatic carbocycles. The molecule has 0 N–H and O–H groups in total. The first kappa shape index (κ1) is 11.4. The van der Waals surface area contributed by atoms with Gasteiger partial charge in [-0.1, -0.05) is 23.5 Å². The van der Waals surface area contributed by atoms with E-state index in [2.05, 4.69) is 6.07 Å². The van der Waals surface area contributed by atoms with Crippen molar-refractivity contribution in [1.82, 2.24) is 0 Å². The van der Waals surface area contributed by atoms with Crippen molar-refractivity contribution in [2.24, 2.45) is 0 Å². The van der Waals surface area contributed by atoms with Gasteiger partial charge in [0.15, 0.2) is 11.3 Å². The van der Waals surface area contributed by atoms with Crippen molar-refractivity contribution in [3.05, 3.63) is 46.8 Å². The van der Waals surface area contributed by atoms with Crippen LogP contribution in [0.2, 0.25) is 0 Å². The monoisotopic (exact) mass is 243 g/mol. The van der Waals surface area contributed by atoms with Gasteiger partial charge in [0.25, 0.3) is 0 Å². The summed E-state index contributed by atoms with van der Waals surface area (Å²) in [5, 5.41) is 9.22. The average molecular weight is 243 g/mol. The highest BCUT2D eigenvalue weighted by Crippen LogP contribution is 2.28. The number of benzene rings is 1. The van der Waals surface area contributed by atoms with Gasteiger partial charge in [-0.25, -0.2) is 0 Å². The third-order valence-electron chi connectivity index (χ3n) is 2.14. The molecule has 0 amide bonds. The number of aldehydes is 1. The molecule has 0 saturated heterocycles. The van der Waals surface area contributed by atoms with E-state index in [1.807, 2.05) is 24.3 Å². The second-order valence-corrected chi connectivity index (χ2v) is 4.43. The van der Waals surface area contributed by atoms with E-state index in [1.165, 1.54) is 11.3 Å². The Labute approximate surface area is 103 Å². The standard InChI is InChI=1S/C13H9NO2S/c14-8-7-10-1-3-11(4-2-10)16-13-6-5-12(9-15)17-13/h1-6,9H,7H2. The van der Waals surface area contributed by atoms with E-state index in [9.17, 15) is 4.79 Å². The Kier molecular flexibility index (Phi) is 3.53. The van der Waals surface area contributed by atoms with E-state index >= 15 is 0 Å². The minimum absolute atomic E-state index is 0.397. The van der Waals surface area contributed by atoms with Crippen LogP contribution in [-0.4, -0.2) is 6.29 Å². The average Bonchev–Trinajstić information content (AvgIpc) is 2.80. The minimum Gasteiger partial charge on any atom is -0.447 e. The van der Waals surface area contributed by atoms with Crippen molar-refractivity contribution in [1.29, 1.82) is 5.26 Å². The maximum absolute atomic E-state index is 10.5. The first-order valence-corrected chi connectivity index (χ1v) is 5.82. The molecule has 0 unspecified atom stereocenters. The lowest BCUT2D eigenvalue weighted by molar-refractivity contribution is 0.112. The minimum atomic E-state index is 0.397. The summed E-state index contributed by atoms with van der Waals surface area (Å²) in [5.74, 6) is 0.700. The Balaban J connectivity index is 2.08. The lowest BCUT2D eigenvalue weighted by Crippen LogP contribution is -1.83. The number of carbonyl (C=O) groups is 1. The quantitative estimate of drug-likeness (QED) is 0.773. The summed E-state index contributed by atoms with van der Waals surface area (Å²) in [7, 11) is 0. The highest BCUT2D eigenvalue weighted by molar-refractivity contribution is 7.15. The van der Waals surface area contributed by atoms with Crippen molar-refractivity contribution in [3.8, 4) is 16.9 Å². The number of carbonyl (C=O) groups excluding carboxylic acids is 1. The normalized spacial score (nSPS) is 9.59. The Morgan fingerprint density at radius 3 is 2.59 bits per heavy atom. The van der Waals surface area contributed by atoms with E-state index in [4.69, 9.17) is 10.00 Å². The molecule has 2 rings (SSSR count). The third-order valence-corrected chi connectivity index (χ3v) is 3.03. The second kappa shape index (κ2) is 5.28. The summed E-state index contributed by atoms with van der Waals surface area (Å²) in [5.41, 5.74) is 0.958. The SMILES string of the molecule is N#CCc1ccc(Oc2ccc(C=O)s2)cc1. The van der Waals surface area contributed by atoms with Crippen LogP contribution in [-0.2, 0) is 6.42 Å². The van der Waals surface area contributed by atoms with Crippen LogP contribution in [0.15, 0.2) is 36.4 Å². The predicted octanol–water partition coefficient (Wildman–Crippen LogP) is 3.42. The number of rotatable bonds is 4. The Morgan fingerprint density at radius 2 is 2.00 bits per heavy atom. The molecule has 1 heterocycles. The van der Waals surface area contributed by atoms with Gasteiger partial charge in [0.2, 0.25) is 0 Å². The fourth-order valence-corrected chi connectivity index (χ4v) is 2.03. The number of thiophene rings is 1. The van der Waals surface area contributed by atoms with E-state index in [-0.39, 0.29) is 0 Å². The number of nitrogens with zero attached hydrogens (tertiary/aromatic N) is 1. The maximum Gasteiger partial charge on any atom is 0.181 e. The van der Waals surface area contributed by atoms with Gasteiger partial charge in [-0.2, -0.15) is 5.26 Å². The summed E-state index contributed by atoms with van der Waals surface area (Å²) in [4.78, 5) is 11.2. The summed E-state index contributed by atoms with van der Waals surface area (Å²) in [6.07, 6.45) is 1.20. The van der Waals surface area contributed by atoms with Crippen LogP contribution in [0.1, 0.15) is 15.2 Å². The number of nitriles is 1. The van der Waals surface area contributed by atoms with Crippen LogP contribution in [0.4, 0.5) is 0 Å². The van der Waals surface area contributed by atoms with Crippen molar-refractivity contribution in [2.75, 3.05) is 0 Å². The molecule has 17 heavy (non-hydrogen) atoms. The van der Waals surface area contributed by atoms with Gasteiger partial charge in [-0.3, -0.25) is 4.79 Å². The fourth-order valence-electron chi connectivity index (χ4n) is 1.34. The molecule has 0 spiro atoms. The molecule has 0 aliphatic rings. The first-order valence-electron chi connectivity index (χ1n) is 5.00. The van der Waals surface area contributed by atoms with Crippen molar-refractivity contribution >= 4 is 17.6 Å². The van der Waals surface area contributed by atoms with Crippen LogP contribution in [0, 0.1) is 11.3 Å². The zero-order valence-electron chi connectivity index (χ0n) is 8.92. The van der Waals surface area contributed by atoms with Gasteiger partial charge in [0.05, 0.1) is 17.4 Å². The Morgan fingerprint density at radius 1 is 1.24 bits per heavy atom. The molecular formula is C13H9NO2S. The zero-order chi connectivity index (χ0) is 12.1. The van der Waals surface area contributed by atoms with Gasteiger partial charge in [0.1, 0.15) is 5.75 Å². The summed E-state index contributed by atoms with van der Waals surface area (Å²) in [6, 6.07) is 12.9. The Hall–Kier alpha value is -2.12. The highest BCUT2D eigenvalue weighted by atomic mass is 32.1. The van der Waals surface area contributed by atoms with Gasteiger partial charge < -0.3 is 4.74 Å².